The summed E-state index contributed by atoms with van der Waals surface area (Å²) in [4.78, 5) is 12.6. The first kappa shape index (κ1) is 14.4. The first-order chi connectivity index (χ1) is 9.96. The first-order valence-electron chi connectivity index (χ1n) is 8.11. The maximum atomic E-state index is 12.6. The van der Waals surface area contributed by atoms with Gasteiger partial charge in [0.25, 0.3) is 0 Å². The highest BCUT2D eigenvalue weighted by Crippen LogP contribution is 2.48. The van der Waals surface area contributed by atoms with Crippen molar-refractivity contribution in [1.29, 1.82) is 0 Å². The van der Waals surface area contributed by atoms with Crippen molar-refractivity contribution in [3.8, 4) is 0 Å². The number of nitrogens with two attached hydrogens (primary N) is 1. The number of hydrogen-bond acceptors (Lipinski definition) is 2. The third-order valence-electron chi connectivity index (χ3n) is 5.61. The molecule has 2 aliphatic carbocycles. The average molecular weight is 286 g/mol. The average Bonchev–Trinajstić information content (AvgIpc) is 3.07. The van der Waals surface area contributed by atoms with Gasteiger partial charge in [0.05, 0.1) is 5.41 Å². The molecule has 0 heterocycles. The molecule has 3 nitrogen and oxygen atoms in total. The Balaban J connectivity index is 1.60. The van der Waals surface area contributed by atoms with Gasteiger partial charge in [-0.05, 0) is 68.6 Å². The summed E-state index contributed by atoms with van der Waals surface area (Å²) < 4.78 is 0. The van der Waals surface area contributed by atoms with E-state index in [9.17, 15) is 4.79 Å². The molecule has 2 saturated carbocycles. The van der Waals surface area contributed by atoms with E-state index in [4.69, 9.17) is 5.73 Å². The monoisotopic (exact) mass is 286 g/mol. The number of amides is 1. The molecular weight excluding hydrogens is 260 g/mol. The molecule has 0 saturated heterocycles. The van der Waals surface area contributed by atoms with Crippen LogP contribution in [0.15, 0.2) is 24.3 Å². The Hall–Kier alpha value is -1.51. The highest BCUT2D eigenvalue weighted by atomic mass is 16.2. The normalized spacial score (nSPS) is 27.8. The summed E-state index contributed by atoms with van der Waals surface area (Å²) in [5, 5.41) is 3.19. The van der Waals surface area contributed by atoms with Gasteiger partial charge in [-0.2, -0.15) is 0 Å². The summed E-state index contributed by atoms with van der Waals surface area (Å²) >= 11 is 0. The molecule has 3 heteroatoms. The van der Waals surface area contributed by atoms with Crippen molar-refractivity contribution < 1.29 is 4.79 Å². The van der Waals surface area contributed by atoms with Crippen LogP contribution in [0.2, 0.25) is 0 Å². The molecule has 3 rings (SSSR count). The van der Waals surface area contributed by atoms with E-state index in [1.54, 1.807) is 0 Å². The molecule has 2 bridgehead atoms. The largest absolute Gasteiger partial charge is 0.399 e. The molecule has 1 aromatic rings. The van der Waals surface area contributed by atoms with E-state index in [0.29, 0.717) is 5.92 Å². The summed E-state index contributed by atoms with van der Waals surface area (Å²) in [5.74, 6) is 2.61. The van der Waals surface area contributed by atoms with E-state index in [1.165, 1.54) is 25.7 Å². The van der Waals surface area contributed by atoms with Gasteiger partial charge in [0.1, 0.15) is 0 Å². The second-order valence-corrected chi connectivity index (χ2v) is 7.39. The minimum atomic E-state index is -0.509. The van der Waals surface area contributed by atoms with Gasteiger partial charge in [-0.25, -0.2) is 0 Å². The Morgan fingerprint density at radius 3 is 2.52 bits per heavy atom. The summed E-state index contributed by atoms with van der Waals surface area (Å²) in [7, 11) is 0. The minimum absolute atomic E-state index is 0.120. The Morgan fingerprint density at radius 2 is 1.95 bits per heavy atom. The van der Waals surface area contributed by atoms with Crippen LogP contribution in [0.5, 0.6) is 0 Å². The van der Waals surface area contributed by atoms with Crippen molar-refractivity contribution in [3.63, 3.8) is 0 Å². The molecule has 1 amide bonds. The molecule has 0 aromatic heterocycles. The Kier molecular flexibility index (Phi) is 3.68. The second kappa shape index (κ2) is 5.36. The van der Waals surface area contributed by atoms with Gasteiger partial charge in [-0.1, -0.05) is 18.6 Å². The smallest absolute Gasteiger partial charge is 0.230 e. The Labute approximate surface area is 127 Å². The fraction of sp³-hybridized carbons (Fsp3) is 0.611. The molecule has 1 aromatic carbocycles. The molecule has 3 N–H and O–H groups in total. The molecular formula is C18H26N2O. The summed E-state index contributed by atoms with van der Waals surface area (Å²) in [6.07, 6.45) is 5.48. The van der Waals surface area contributed by atoms with Gasteiger partial charge in [0, 0.05) is 12.2 Å². The molecule has 0 spiro atoms. The number of nitrogens with one attached hydrogen (secondary N) is 1. The zero-order chi connectivity index (χ0) is 15.0. The van der Waals surface area contributed by atoms with Crippen LogP contribution in [-0.2, 0) is 10.2 Å². The molecule has 2 fully saturated rings. The van der Waals surface area contributed by atoms with Gasteiger partial charge in [-0.15, -0.1) is 0 Å². The van der Waals surface area contributed by atoms with Crippen LogP contribution in [0, 0.1) is 17.8 Å². The molecule has 3 unspecified atom stereocenters. The number of carbonyl (C=O) groups excluding carboxylic acids is 1. The van der Waals surface area contributed by atoms with Gasteiger partial charge < -0.3 is 11.1 Å². The number of benzene rings is 1. The quantitative estimate of drug-likeness (QED) is 0.836. The van der Waals surface area contributed by atoms with Crippen LogP contribution in [0.25, 0.3) is 0 Å². The minimum Gasteiger partial charge on any atom is -0.399 e. The zero-order valence-electron chi connectivity index (χ0n) is 13.1. The van der Waals surface area contributed by atoms with E-state index in [-0.39, 0.29) is 5.91 Å². The third kappa shape index (κ3) is 2.78. The predicted octanol–water partition coefficient (Wildman–Crippen LogP) is 3.10. The second-order valence-electron chi connectivity index (χ2n) is 7.39. The standard InChI is InChI=1S/C18H26N2O/c1-18(2,15-5-7-16(19)8-6-15)17(21)20-11-14-10-12-3-4-13(14)9-12/h5-8,12-14H,3-4,9-11,19H2,1-2H3,(H,20,21). The first-order valence-corrected chi connectivity index (χ1v) is 8.11. The summed E-state index contributed by atoms with van der Waals surface area (Å²) in [6, 6.07) is 7.62. The van der Waals surface area contributed by atoms with E-state index in [0.717, 1.165) is 29.6 Å². The summed E-state index contributed by atoms with van der Waals surface area (Å²) in [5.41, 5.74) is 6.96. The van der Waals surface area contributed by atoms with Crippen molar-refractivity contribution in [2.75, 3.05) is 12.3 Å². The van der Waals surface area contributed by atoms with Crippen molar-refractivity contribution in [3.05, 3.63) is 29.8 Å². The third-order valence-corrected chi connectivity index (χ3v) is 5.61. The number of nitrogen functional groups attached to an aromatic ring is 1. The SMILES string of the molecule is CC(C)(C(=O)NCC1CC2CCC1C2)c1ccc(N)cc1. The van der Waals surface area contributed by atoms with Crippen LogP contribution in [0.4, 0.5) is 5.69 Å². The van der Waals surface area contributed by atoms with Crippen molar-refractivity contribution in [2.24, 2.45) is 17.8 Å². The van der Waals surface area contributed by atoms with Gasteiger partial charge >= 0.3 is 0 Å². The highest BCUT2D eigenvalue weighted by molar-refractivity contribution is 5.87. The molecule has 114 valence electrons. The fourth-order valence-electron chi connectivity index (χ4n) is 4.10. The Morgan fingerprint density at radius 1 is 1.24 bits per heavy atom. The fourth-order valence-corrected chi connectivity index (χ4v) is 4.10. The molecule has 21 heavy (non-hydrogen) atoms. The predicted molar refractivity (Wildman–Crippen MR) is 85.8 cm³/mol. The number of carbonyl (C=O) groups is 1. The lowest BCUT2D eigenvalue weighted by Crippen LogP contribution is -2.42. The van der Waals surface area contributed by atoms with Crippen molar-refractivity contribution in [1.82, 2.24) is 5.32 Å². The molecule has 0 aliphatic heterocycles. The van der Waals surface area contributed by atoms with Crippen LogP contribution in [-0.4, -0.2) is 12.5 Å². The van der Waals surface area contributed by atoms with Gasteiger partial charge in [-0.3, -0.25) is 4.79 Å². The number of fused-ring (bicyclic) bond motifs is 2. The highest BCUT2D eigenvalue weighted by Gasteiger charge is 2.40. The maximum absolute atomic E-state index is 12.6. The lowest BCUT2D eigenvalue weighted by Gasteiger charge is -2.27. The van der Waals surface area contributed by atoms with Crippen LogP contribution >= 0.6 is 0 Å². The molecule has 0 radical (unpaired) electrons. The van der Waals surface area contributed by atoms with Crippen LogP contribution < -0.4 is 11.1 Å². The van der Waals surface area contributed by atoms with E-state index >= 15 is 0 Å². The number of hydrogen-bond donors (Lipinski definition) is 2. The van der Waals surface area contributed by atoms with Crippen LogP contribution in [0.1, 0.15) is 45.1 Å². The van der Waals surface area contributed by atoms with Crippen LogP contribution in [0.3, 0.4) is 0 Å². The van der Waals surface area contributed by atoms with Crippen molar-refractivity contribution >= 4 is 11.6 Å². The lowest BCUT2D eigenvalue weighted by molar-refractivity contribution is -0.125. The topological polar surface area (TPSA) is 55.1 Å². The zero-order valence-corrected chi connectivity index (χ0v) is 13.1. The molecule has 2 aliphatic rings. The van der Waals surface area contributed by atoms with E-state index in [1.807, 2.05) is 38.1 Å². The van der Waals surface area contributed by atoms with E-state index in [2.05, 4.69) is 5.32 Å². The van der Waals surface area contributed by atoms with E-state index < -0.39 is 5.41 Å². The lowest BCUT2D eigenvalue weighted by atomic mass is 9.83. The summed E-state index contributed by atoms with van der Waals surface area (Å²) in [6.45, 7) is 4.81. The Bertz CT molecular complexity index is 521. The molecule has 3 atom stereocenters. The maximum Gasteiger partial charge on any atom is 0.230 e. The number of rotatable bonds is 4. The van der Waals surface area contributed by atoms with Gasteiger partial charge in [0.2, 0.25) is 5.91 Å². The van der Waals surface area contributed by atoms with Gasteiger partial charge in [0.15, 0.2) is 0 Å². The number of anilines is 1. The van der Waals surface area contributed by atoms with Crippen molar-refractivity contribution in [2.45, 2.75) is 44.9 Å².